The van der Waals surface area contributed by atoms with E-state index in [1.165, 1.54) is 23.1 Å². The van der Waals surface area contributed by atoms with Gasteiger partial charge in [0.15, 0.2) is 5.16 Å². The Hall–Kier alpha value is -2.25. The number of benzene rings is 1. The molecule has 0 fully saturated rings. The van der Waals surface area contributed by atoms with Crippen LogP contribution in [0.5, 0.6) is 11.5 Å². The average molecular weight is 374 g/mol. The minimum absolute atomic E-state index is 0.0278. The van der Waals surface area contributed by atoms with Gasteiger partial charge < -0.3 is 9.47 Å². The molecule has 0 aliphatic heterocycles. The van der Waals surface area contributed by atoms with Crippen molar-refractivity contribution in [3.63, 3.8) is 0 Å². The molecule has 0 saturated carbocycles. The van der Waals surface area contributed by atoms with Gasteiger partial charge in [-0.15, -0.1) is 17.9 Å². The molecule has 0 saturated heterocycles. The van der Waals surface area contributed by atoms with Crippen molar-refractivity contribution >= 4 is 33.3 Å². The molecule has 3 rings (SSSR count). The minimum Gasteiger partial charge on any atom is -0.497 e. The maximum Gasteiger partial charge on any atom is 0.272 e. The third kappa shape index (κ3) is 3.57. The number of thioether (sulfide) groups is 1. The third-order valence-electron chi connectivity index (χ3n) is 3.69. The number of methoxy groups -OCH3 is 2. The van der Waals surface area contributed by atoms with E-state index in [1.807, 2.05) is 29.6 Å². The zero-order chi connectivity index (χ0) is 17.8. The largest absolute Gasteiger partial charge is 0.497 e. The van der Waals surface area contributed by atoms with E-state index >= 15 is 0 Å². The summed E-state index contributed by atoms with van der Waals surface area (Å²) in [6.45, 7) is 4.17. The van der Waals surface area contributed by atoms with Crippen molar-refractivity contribution in [2.24, 2.45) is 0 Å². The number of nitrogens with zero attached hydrogens (tertiary/aromatic N) is 2. The van der Waals surface area contributed by atoms with Gasteiger partial charge in [0.05, 0.1) is 19.7 Å². The number of aromatic nitrogens is 2. The summed E-state index contributed by atoms with van der Waals surface area (Å²) in [6, 6.07) is 7.54. The topological polar surface area (TPSA) is 53.4 Å². The molecule has 0 amide bonds. The van der Waals surface area contributed by atoms with Gasteiger partial charge in [0.25, 0.3) is 5.56 Å². The van der Waals surface area contributed by atoms with Crippen LogP contribution >= 0.6 is 23.1 Å². The summed E-state index contributed by atoms with van der Waals surface area (Å²) in [6.07, 6.45) is 1.71. The molecule has 7 heteroatoms. The lowest BCUT2D eigenvalue weighted by Crippen LogP contribution is -2.21. The fraction of sp³-hybridized carbons (Fsp3) is 0.222. The van der Waals surface area contributed by atoms with Gasteiger partial charge in [-0.3, -0.25) is 9.36 Å². The highest BCUT2D eigenvalue weighted by atomic mass is 32.2. The lowest BCUT2D eigenvalue weighted by Gasteiger charge is -2.12. The monoisotopic (exact) mass is 374 g/mol. The van der Waals surface area contributed by atoms with Crippen molar-refractivity contribution in [1.82, 2.24) is 9.55 Å². The van der Waals surface area contributed by atoms with E-state index in [9.17, 15) is 4.79 Å². The Labute approximate surface area is 153 Å². The standard InChI is InChI=1S/C18H18N2O3S2/c1-4-8-20-17(21)16-14(7-9-24-16)19-18(20)25-11-12-10-13(22-2)5-6-15(12)23-3/h4-7,9-10H,1,8,11H2,2-3H3. The molecule has 0 aliphatic carbocycles. The second-order valence-corrected chi connectivity index (χ2v) is 7.06. The number of rotatable bonds is 7. The van der Waals surface area contributed by atoms with Crippen LogP contribution in [0.3, 0.4) is 0 Å². The first-order valence-corrected chi connectivity index (χ1v) is 9.47. The van der Waals surface area contributed by atoms with E-state index < -0.39 is 0 Å². The average Bonchev–Trinajstić information content (AvgIpc) is 3.11. The number of hydrogen-bond acceptors (Lipinski definition) is 6. The summed E-state index contributed by atoms with van der Waals surface area (Å²) >= 11 is 2.91. The quantitative estimate of drug-likeness (QED) is 0.356. The highest BCUT2D eigenvalue weighted by molar-refractivity contribution is 7.98. The maximum atomic E-state index is 12.7. The Balaban J connectivity index is 1.97. The van der Waals surface area contributed by atoms with E-state index in [4.69, 9.17) is 9.47 Å². The van der Waals surface area contributed by atoms with Crippen LogP contribution in [0.25, 0.3) is 10.2 Å². The molecule has 0 N–H and O–H groups in total. The molecule has 0 spiro atoms. The number of ether oxygens (including phenoxy) is 2. The van der Waals surface area contributed by atoms with E-state index in [-0.39, 0.29) is 5.56 Å². The molecule has 1 aromatic carbocycles. The summed E-state index contributed by atoms with van der Waals surface area (Å²) in [4.78, 5) is 17.3. The molecule has 2 aromatic heterocycles. The highest BCUT2D eigenvalue weighted by Crippen LogP contribution is 2.30. The molecular formula is C18H18N2O3S2. The van der Waals surface area contributed by atoms with E-state index in [0.29, 0.717) is 22.2 Å². The maximum absolute atomic E-state index is 12.7. The summed E-state index contributed by atoms with van der Waals surface area (Å²) in [5.74, 6) is 2.16. The van der Waals surface area contributed by atoms with Gasteiger partial charge in [0, 0.05) is 17.9 Å². The van der Waals surface area contributed by atoms with Gasteiger partial charge in [-0.25, -0.2) is 4.98 Å². The minimum atomic E-state index is -0.0278. The predicted molar refractivity (Wildman–Crippen MR) is 103 cm³/mol. The molecule has 25 heavy (non-hydrogen) atoms. The SMILES string of the molecule is C=CCn1c(SCc2cc(OC)ccc2OC)nc2ccsc2c1=O. The van der Waals surface area contributed by atoms with Crippen LogP contribution in [0, 0.1) is 0 Å². The van der Waals surface area contributed by atoms with Gasteiger partial charge in [-0.05, 0) is 29.6 Å². The zero-order valence-corrected chi connectivity index (χ0v) is 15.7. The second kappa shape index (κ2) is 7.76. The zero-order valence-electron chi connectivity index (χ0n) is 14.0. The van der Waals surface area contributed by atoms with Crippen LogP contribution in [-0.4, -0.2) is 23.8 Å². The van der Waals surface area contributed by atoms with Gasteiger partial charge in [-0.1, -0.05) is 17.8 Å². The lowest BCUT2D eigenvalue weighted by molar-refractivity contribution is 0.400. The fourth-order valence-corrected chi connectivity index (χ4v) is 4.23. The van der Waals surface area contributed by atoms with Crippen LogP contribution in [0.4, 0.5) is 0 Å². The van der Waals surface area contributed by atoms with Gasteiger partial charge in [0.2, 0.25) is 0 Å². The highest BCUT2D eigenvalue weighted by Gasteiger charge is 2.13. The summed E-state index contributed by atoms with van der Waals surface area (Å²) in [5.41, 5.74) is 1.69. The molecule has 0 radical (unpaired) electrons. The number of allylic oxidation sites excluding steroid dienone is 1. The van der Waals surface area contributed by atoms with Crippen molar-refractivity contribution in [3.05, 3.63) is 58.2 Å². The molecule has 3 aromatic rings. The molecule has 0 bridgehead atoms. The van der Waals surface area contributed by atoms with Crippen molar-refractivity contribution in [2.45, 2.75) is 17.5 Å². The van der Waals surface area contributed by atoms with Crippen LogP contribution < -0.4 is 15.0 Å². The van der Waals surface area contributed by atoms with Gasteiger partial charge >= 0.3 is 0 Å². The van der Waals surface area contributed by atoms with E-state index in [1.54, 1.807) is 24.9 Å². The molecule has 0 atom stereocenters. The predicted octanol–water partition coefficient (Wildman–Crippen LogP) is 3.95. The van der Waals surface area contributed by atoms with Gasteiger partial charge in [-0.2, -0.15) is 0 Å². The summed E-state index contributed by atoms with van der Waals surface area (Å²) in [5, 5.41) is 2.55. The number of hydrogen-bond donors (Lipinski definition) is 0. The van der Waals surface area contributed by atoms with Crippen molar-refractivity contribution < 1.29 is 9.47 Å². The summed E-state index contributed by atoms with van der Waals surface area (Å²) in [7, 11) is 3.27. The van der Waals surface area contributed by atoms with Crippen LogP contribution in [0.1, 0.15) is 5.56 Å². The first-order valence-electron chi connectivity index (χ1n) is 7.60. The Kier molecular flexibility index (Phi) is 5.45. The van der Waals surface area contributed by atoms with Crippen molar-refractivity contribution in [3.8, 4) is 11.5 Å². The third-order valence-corrected chi connectivity index (χ3v) is 5.60. The normalized spacial score (nSPS) is 10.8. The lowest BCUT2D eigenvalue weighted by atomic mass is 10.2. The van der Waals surface area contributed by atoms with Crippen molar-refractivity contribution in [1.29, 1.82) is 0 Å². The summed E-state index contributed by atoms with van der Waals surface area (Å²) < 4.78 is 13.0. The molecule has 2 heterocycles. The Morgan fingerprint density at radius 1 is 1.32 bits per heavy atom. The number of thiophene rings is 1. The molecule has 5 nitrogen and oxygen atoms in total. The molecule has 130 valence electrons. The van der Waals surface area contributed by atoms with E-state index in [2.05, 4.69) is 11.6 Å². The molecular weight excluding hydrogens is 356 g/mol. The Bertz CT molecular complexity index is 963. The van der Waals surface area contributed by atoms with Crippen molar-refractivity contribution in [2.75, 3.05) is 14.2 Å². The first kappa shape index (κ1) is 17.6. The Morgan fingerprint density at radius 3 is 2.88 bits per heavy atom. The van der Waals surface area contributed by atoms with Crippen LogP contribution in [0.2, 0.25) is 0 Å². The fourth-order valence-electron chi connectivity index (χ4n) is 2.46. The number of fused-ring (bicyclic) bond motifs is 1. The van der Waals surface area contributed by atoms with Crippen LogP contribution in [-0.2, 0) is 12.3 Å². The van der Waals surface area contributed by atoms with Gasteiger partial charge in [0.1, 0.15) is 16.2 Å². The Morgan fingerprint density at radius 2 is 2.16 bits per heavy atom. The van der Waals surface area contributed by atoms with E-state index in [0.717, 1.165) is 22.6 Å². The molecule has 0 aliphatic rings. The molecule has 0 unspecified atom stereocenters. The first-order chi connectivity index (χ1) is 12.2. The van der Waals surface area contributed by atoms with Crippen LogP contribution in [0.15, 0.2) is 52.3 Å². The second-order valence-electron chi connectivity index (χ2n) is 5.20. The smallest absolute Gasteiger partial charge is 0.272 e.